The Morgan fingerprint density at radius 2 is 2.03 bits per heavy atom. The molecular weight excluding hydrogens is 454 g/mol. The maximum absolute atomic E-state index is 12.8. The topological polar surface area (TPSA) is 114 Å². The SMILES string of the molecule is CS(=O)(=O)c1ccc2nc(NC(=O)[C@@H]3CCCN3S(=O)(=O)c3cccs3)sc2c1. The van der Waals surface area contributed by atoms with Crippen LogP contribution in [-0.2, 0) is 24.7 Å². The van der Waals surface area contributed by atoms with Gasteiger partial charge in [0.15, 0.2) is 15.0 Å². The van der Waals surface area contributed by atoms with Crippen molar-refractivity contribution in [2.45, 2.75) is 28.0 Å². The van der Waals surface area contributed by atoms with E-state index in [1.165, 1.54) is 22.5 Å². The minimum absolute atomic E-state index is 0.176. The number of thiazole rings is 1. The largest absolute Gasteiger partial charge is 0.301 e. The normalized spacial score (nSPS) is 18.3. The van der Waals surface area contributed by atoms with Crippen LogP contribution in [-0.4, -0.2) is 50.9 Å². The van der Waals surface area contributed by atoms with Crippen molar-refractivity contribution < 1.29 is 21.6 Å². The van der Waals surface area contributed by atoms with Gasteiger partial charge < -0.3 is 5.32 Å². The lowest BCUT2D eigenvalue weighted by Gasteiger charge is -2.22. The summed E-state index contributed by atoms with van der Waals surface area (Å²) in [5.41, 5.74) is 0.562. The molecule has 1 fully saturated rings. The number of amides is 1. The van der Waals surface area contributed by atoms with Crippen molar-refractivity contribution in [2.75, 3.05) is 18.1 Å². The summed E-state index contributed by atoms with van der Waals surface area (Å²) in [5.74, 6) is -0.440. The Balaban J connectivity index is 1.57. The zero-order valence-electron chi connectivity index (χ0n) is 15.2. The summed E-state index contributed by atoms with van der Waals surface area (Å²) in [5, 5.41) is 4.68. The van der Waals surface area contributed by atoms with E-state index in [0.717, 1.165) is 28.9 Å². The molecule has 8 nitrogen and oxygen atoms in total. The number of fused-ring (bicyclic) bond motifs is 1. The summed E-state index contributed by atoms with van der Waals surface area (Å²) < 4.78 is 51.2. The summed E-state index contributed by atoms with van der Waals surface area (Å²) in [4.78, 5) is 17.3. The van der Waals surface area contributed by atoms with Crippen LogP contribution in [0.1, 0.15) is 12.8 Å². The van der Waals surface area contributed by atoms with Gasteiger partial charge in [0.1, 0.15) is 10.3 Å². The molecule has 1 atom stereocenters. The van der Waals surface area contributed by atoms with Gasteiger partial charge in [-0.05, 0) is 42.5 Å². The predicted molar refractivity (Wildman–Crippen MR) is 113 cm³/mol. The molecule has 0 bridgehead atoms. The minimum atomic E-state index is -3.72. The van der Waals surface area contributed by atoms with Crippen molar-refractivity contribution in [2.24, 2.45) is 0 Å². The van der Waals surface area contributed by atoms with Crippen molar-refractivity contribution in [1.29, 1.82) is 0 Å². The van der Waals surface area contributed by atoms with Crippen molar-refractivity contribution in [3.05, 3.63) is 35.7 Å². The first-order valence-corrected chi connectivity index (χ1v) is 13.7. The van der Waals surface area contributed by atoms with Crippen molar-refractivity contribution >= 4 is 63.8 Å². The molecule has 4 rings (SSSR count). The zero-order chi connectivity index (χ0) is 20.8. The Bertz CT molecular complexity index is 1280. The fourth-order valence-corrected chi connectivity index (χ4v) is 7.60. The number of sulfone groups is 1. The molecule has 1 saturated heterocycles. The minimum Gasteiger partial charge on any atom is -0.301 e. The number of anilines is 1. The average Bonchev–Trinajstić information content (AvgIpc) is 3.39. The Labute approximate surface area is 176 Å². The van der Waals surface area contributed by atoms with Crippen LogP contribution in [0.4, 0.5) is 5.13 Å². The monoisotopic (exact) mass is 471 g/mol. The van der Waals surface area contributed by atoms with E-state index in [4.69, 9.17) is 0 Å². The third kappa shape index (κ3) is 3.94. The lowest BCUT2D eigenvalue weighted by molar-refractivity contribution is -0.119. The fourth-order valence-electron chi connectivity index (χ4n) is 3.19. The molecule has 154 valence electrons. The second-order valence-electron chi connectivity index (χ2n) is 6.62. The van der Waals surface area contributed by atoms with Crippen molar-refractivity contribution in [3.8, 4) is 0 Å². The number of hydrogen-bond acceptors (Lipinski definition) is 8. The van der Waals surface area contributed by atoms with E-state index < -0.39 is 31.8 Å². The summed E-state index contributed by atoms with van der Waals surface area (Å²) >= 11 is 2.27. The third-order valence-electron chi connectivity index (χ3n) is 4.58. The Hall–Kier alpha value is -1.86. The standard InChI is InChI=1S/C17H17N3O5S4/c1-28(22,23)11-6-7-12-14(10-11)27-17(18-12)19-16(21)13-4-2-8-20(13)29(24,25)15-5-3-9-26-15/h3,5-7,9-10,13H,2,4,8H2,1H3,(H,18,19,21)/t13-/m0/s1. The highest BCUT2D eigenvalue weighted by Gasteiger charge is 2.40. The Morgan fingerprint density at radius 3 is 2.72 bits per heavy atom. The van der Waals surface area contributed by atoms with Gasteiger partial charge in [0.2, 0.25) is 5.91 Å². The quantitative estimate of drug-likeness (QED) is 0.612. The molecule has 0 saturated carbocycles. The first-order chi connectivity index (χ1) is 13.7. The van der Waals surface area contributed by atoms with Gasteiger partial charge in [-0.25, -0.2) is 21.8 Å². The molecule has 29 heavy (non-hydrogen) atoms. The Kier molecular flexibility index (Phi) is 5.23. The smallest absolute Gasteiger partial charge is 0.253 e. The fraction of sp³-hybridized carbons (Fsp3) is 0.294. The molecule has 3 aromatic rings. The van der Waals surface area contributed by atoms with E-state index in [-0.39, 0.29) is 15.6 Å². The first-order valence-electron chi connectivity index (χ1n) is 8.63. The lowest BCUT2D eigenvalue weighted by atomic mass is 10.2. The molecule has 3 heterocycles. The Morgan fingerprint density at radius 1 is 1.24 bits per heavy atom. The van der Waals surface area contributed by atoms with Crippen LogP contribution in [0.15, 0.2) is 44.8 Å². The van der Waals surface area contributed by atoms with Crippen LogP contribution in [0.3, 0.4) is 0 Å². The summed E-state index contributed by atoms with van der Waals surface area (Å²) in [6.45, 7) is 0.288. The number of aromatic nitrogens is 1. The van der Waals surface area contributed by atoms with Crippen LogP contribution in [0.5, 0.6) is 0 Å². The summed E-state index contributed by atoms with van der Waals surface area (Å²) in [6, 6.07) is 6.95. The van der Waals surface area contributed by atoms with Crippen LogP contribution < -0.4 is 5.32 Å². The summed E-state index contributed by atoms with van der Waals surface area (Å²) in [6.07, 6.45) is 2.15. The molecule has 2 aromatic heterocycles. The molecule has 1 aliphatic heterocycles. The number of rotatable bonds is 5. The van der Waals surface area contributed by atoms with Gasteiger partial charge in [-0.15, -0.1) is 11.3 Å². The highest BCUT2D eigenvalue weighted by atomic mass is 32.2. The number of benzene rings is 1. The van der Waals surface area contributed by atoms with E-state index in [2.05, 4.69) is 10.3 Å². The van der Waals surface area contributed by atoms with Crippen LogP contribution in [0, 0.1) is 0 Å². The van der Waals surface area contributed by atoms with Crippen LogP contribution in [0.2, 0.25) is 0 Å². The molecule has 0 aliphatic carbocycles. The first kappa shape index (κ1) is 20.4. The van der Waals surface area contributed by atoms with Crippen LogP contribution in [0.25, 0.3) is 10.2 Å². The van der Waals surface area contributed by atoms with Gasteiger partial charge in [-0.2, -0.15) is 4.31 Å². The van der Waals surface area contributed by atoms with E-state index in [9.17, 15) is 21.6 Å². The number of carbonyl (C=O) groups excluding carboxylic acids is 1. The molecule has 0 spiro atoms. The average molecular weight is 472 g/mol. The number of nitrogens with one attached hydrogen (secondary N) is 1. The molecule has 1 N–H and O–H groups in total. The molecule has 1 aromatic carbocycles. The maximum Gasteiger partial charge on any atom is 0.253 e. The van der Waals surface area contributed by atoms with E-state index in [1.807, 2.05) is 0 Å². The van der Waals surface area contributed by atoms with Crippen LogP contribution >= 0.6 is 22.7 Å². The van der Waals surface area contributed by atoms with E-state index in [1.54, 1.807) is 17.5 Å². The number of hydrogen-bond donors (Lipinski definition) is 1. The summed E-state index contributed by atoms with van der Waals surface area (Å²) in [7, 11) is -7.07. The number of sulfonamides is 1. The highest BCUT2D eigenvalue weighted by molar-refractivity contribution is 7.91. The van der Waals surface area contributed by atoms with E-state index in [0.29, 0.717) is 28.2 Å². The highest BCUT2D eigenvalue weighted by Crippen LogP contribution is 2.31. The molecule has 0 unspecified atom stereocenters. The van der Waals surface area contributed by atoms with Gasteiger partial charge >= 0.3 is 0 Å². The van der Waals surface area contributed by atoms with E-state index >= 15 is 0 Å². The predicted octanol–water partition coefficient (Wildman–Crippen LogP) is 2.55. The van der Waals surface area contributed by atoms with Gasteiger partial charge in [0, 0.05) is 12.8 Å². The zero-order valence-corrected chi connectivity index (χ0v) is 18.5. The van der Waals surface area contributed by atoms with Gasteiger partial charge in [0.25, 0.3) is 10.0 Å². The van der Waals surface area contributed by atoms with Crippen molar-refractivity contribution in [1.82, 2.24) is 9.29 Å². The maximum atomic E-state index is 12.8. The lowest BCUT2D eigenvalue weighted by Crippen LogP contribution is -2.42. The third-order valence-corrected chi connectivity index (χ3v) is 9.91. The van der Waals surface area contributed by atoms with Gasteiger partial charge in [-0.3, -0.25) is 4.79 Å². The molecular formula is C17H17N3O5S4. The second kappa shape index (κ2) is 7.43. The number of carbonyl (C=O) groups is 1. The van der Waals surface area contributed by atoms with Gasteiger partial charge in [0.05, 0.1) is 15.1 Å². The number of thiophene rings is 1. The molecule has 0 radical (unpaired) electrons. The van der Waals surface area contributed by atoms with Crippen molar-refractivity contribution in [3.63, 3.8) is 0 Å². The van der Waals surface area contributed by atoms with Gasteiger partial charge in [-0.1, -0.05) is 17.4 Å². The number of nitrogens with zero attached hydrogens (tertiary/aromatic N) is 2. The second-order valence-corrected chi connectivity index (χ2v) is 12.7. The molecule has 1 aliphatic rings. The molecule has 1 amide bonds. The molecule has 12 heteroatoms.